The van der Waals surface area contributed by atoms with Gasteiger partial charge in [0, 0.05) is 20.2 Å². The number of amides is 2. The van der Waals surface area contributed by atoms with Crippen molar-refractivity contribution in [2.75, 3.05) is 26.8 Å². The zero-order valence-corrected chi connectivity index (χ0v) is 20.1. The number of nitrogens with one attached hydrogen (secondary N) is 1. The second kappa shape index (κ2) is 11.8. The Morgan fingerprint density at radius 2 is 1.82 bits per heavy atom. The Balaban J connectivity index is 1.97. The molecule has 0 saturated heterocycles. The fraction of sp³-hybridized carbons (Fsp3) is 0.333. The zero-order chi connectivity index (χ0) is 24.6. The van der Waals surface area contributed by atoms with Gasteiger partial charge in [0.25, 0.3) is 0 Å². The van der Waals surface area contributed by atoms with Gasteiger partial charge in [0.15, 0.2) is 0 Å². The molecular weight excluding hydrogens is 459 g/mol. The van der Waals surface area contributed by atoms with Crippen LogP contribution in [0, 0.1) is 5.82 Å². The van der Waals surface area contributed by atoms with Gasteiger partial charge >= 0.3 is 6.03 Å². The van der Waals surface area contributed by atoms with Gasteiger partial charge in [0.2, 0.25) is 15.0 Å². The van der Waals surface area contributed by atoms with Crippen molar-refractivity contribution in [3.63, 3.8) is 0 Å². The summed E-state index contributed by atoms with van der Waals surface area (Å²) in [6.07, 6.45) is 1.49. The molecule has 1 heterocycles. The normalized spacial score (nSPS) is 11.4. The Morgan fingerprint density at radius 1 is 1.12 bits per heavy atom. The highest BCUT2D eigenvalue weighted by molar-refractivity contribution is 7.90. The fourth-order valence-electron chi connectivity index (χ4n) is 3.48. The van der Waals surface area contributed by atoms with Crippen molar-refractivity contribution in [3.8, 4) is 0 Å². The van der Waals surface area contributed by atoms with E-state index >= 15 is 0 Å². The number of aromatic nitrogens is 2. The first-order valence-electron chi connectivity index (χ1n) is 10.9. The molecule has 0 spiro atoms. The molecule has 10 heteroatoms. The third-order valence-corrected chi connectivity index (χ3v) is 6.76. The van der Waals surface area contributed by atoms with Crippen molar-refractivity contribution < 1.29 is 22.3 Å². The number of hydrogen-bond acceptors (Lipinski definition) is 5. The summed E-state index contributed by atoms with van der Waals surface area (Å²) in [7, 11) is -2.30. The number of benzene rings is 2. The SMILES string of the molecule is CCNC(=O)N(CCOC)Cc1cnc(S(=O)(=O)Cc2ccc(F)cc2)n1Cc1ccccc1. The van der Waals surface area contributed by atoms with Crippen LogP contribution in [0.15, 0.2) is 66.0 Å². The number of carbonyl (C=O) groups is 1. The summed E-state index contributed by atoms with van der Waals surface area (Å²) in [5.74, 6) is -0.752. The van der Waals surface area contributed by atoms with Crippen molar-refractivity contribution in [1.82, 2.24) is 19.8 Å². The van der Waals surface area contributed by atoms with Crippen LogP contribution >= 0.6 is 0 Å². The Bertz CT molecular complexity index is 1180. The molecule has 3 rings (SSSR count). The number of methoxy groups -OCH3 is 1. The second-order valence-electron chi connectivity index (χ2n) is 7.74. The van der Waals surface area contributed by atoms with Crippen molar-refractivity contribution in [1.29, 1.82) is 0 Å². The van der Waals surface area contributed by atoms with E-state index in [4.69, 9.17) is 4.74 Å². The average Bonchev–Trinajstić information content (AvgIpc) is 3.21. The Labute approximate surface area is 199 Å². The molecule has 0 fully saturated rings. The highest BCUT2D eigenvalue weighted by Gasteiger charge is 2.26. The van der Waals surface area contributed by atoms with Gasteiger partial charge in [-0.15, -0.1) is 0 Å². The van der Waals surface area contributed by atoms with Gasteiger partial charge in [-0.2, -0.15) is 0 Å². The number of imidazole rings is 1. The molecule has 0 saturated carbocycles. The minimum Gasteiger partial charge on any atom is -0.383 e. The van der Waals surface area contributed by atoms with Crippen LogP contribution in [-0.4, -0.2) is 55.7 Å². The van der Waals surface area contributed by atoms with E-state index in [2.05, 4.69) is 10.3 Å². The molecule has 0 unspecified atom stereocenters. The van der Waals surface area contributed by atoms with Gasteiger partial charge in [-0.3, -0.25) is 0 Å². The van der Waals surface area contributed by atoms with E-state index in [0.29, 0.717) is 31.0 Å². The Kier molecular flexibility index (Phi) is 8.78. The molecule has 2 amide bonds. The molecule has 1 aromatic heterocycles. The standard InChI is InChI=1S/C24H29FN4O4S/c1-3-26-23(30)28(13-14-33-2)17-22-15-27-24(29(22)16-19-7-5-4-6-8-19)34(31,32)18-20-9-11-21(25)12-10-20/h4-12,15H,3,13-14,16-18H2,1-2H3,(H,26,30). The van der Waals surface area contributed by atoms with Gasteiger partial charge in [0.05, 0.1) is 37.3 Å². The number of urea groups is 1. The van der Waals surface area contributed by atoms with Crippen molar-refractivity contribution >= 4 is 15.9 Å². The summed E-state index contributed by atoms with van der Waals surface area (Å²) in [5.41, 5.74) is 1.92. The topological polar surface area (TPSA) is 93.5 Å². The molecule has 0 atom stereocenters. The molecule has 1 N–H and O–H groups in total. The summed E-state index contributed by atoms with van der Waals surface area (Å²) in [6.45, 7) is 3.37. The monoisotopic (exact) mass is 488 g/mol. The predicted molar refractivity (Wildman–Crippen MR) is 126 cm³/mol. The van der Waals surface area contributed by atoms with E-state index in [1.165, 1.54) is 30.5 Å². The average molecular weight is 489 g/mol. The van der Waals surface area contributed by atoms with E-state index in [0.717, 1.165) is 5.56 Å². The third-order valence-electron chi connectivity index (χ3n) is 5.17. The molecule has 3 aromatic rings. The molecular formula is C24H29FN4O4S. The van der Waals surface area contributed by atoms with E-state index < -0.39 is 15.7 Å². The maximum atomic E-state index is 13.3. The van der Waals surface area contributed by atoms with E-state index in [1.807, 2.05) is 37.3 Å². The van der Waals surface area contributed by atoms with E-state index in [1.54, 1.807) is 16.6 Å². The van der Waals surface area contributed by atoms with E-state index in [9.17, 15) is 17.6 Å². The number of nitrogens with zero attached hydrogens (tertiary/aromatic N) is 3. The minimum absolute atomic E-state index is 0.0988. The number of ether oxygens (including phenoxy) is 1. The zero-order valence-electron chi connectivity index (χ0n) is 19.3. The summed E-state index contributed by atoms with van der Waals surface area (Å²) < 4.78 is 46.7. The first kappa shape index (κ1) is 25.4. The third kappa shape index (κ3) is 6.64. The lowest BCUT2D eigenvalue weighted by atomic mass is 10.2. The molecule has 34 heavy (non-hydrogen) atoms. The molecule has 2 aromatic carbocycles. The molecule has 182 valence electrons. The summed E-state index contributed by atoms with van der Waals surface area (Å²) in [4.78, 5) is 18.4. The molecule has 8 nitrogen and oxygen atoms in total. The maximum Gasteiger partial charge on any atom is 0.317 e. The quantitative estimate of drug-likeness (QED) is 0.447. The van der Waals surface area contributed by atoms with Crippen molar-refractivity contribution in [2.45, 2.75) is 30.9 Å². The van der Waals surface area contributed by atoms with Crippen LogP contribution in [0.2, 0.25) is 0 Å². The van der Waals surface area contributed by atoms with Gasteiger partial charge in [-0.05, 0) is 30.2 Å². The van der Waals surface area contributed by atoms with Gasteiger partial charge < -0.3 is 19.5 Å². The first-order chi connectivity index (χ1) is 16.3. The predicted octanol–water partition coefficient (Wildman–Crippen LogP) is 3.22. The van der Waals surface area contributed by atoms with Gasteiger partial charge in [-0.1, -0.05) is 42.5 Å². The summed E-state index contributed by atoms with van der Waals surface area (Å²) in [6, 6.07) is 14.5. The first-order valence-corrected chi connectivity index (χ1v) is 12.6. The highest BCUT2D eigenvalue weighted by Crippen LogP contribution is 2.21. The number of hydrogen-bond donors (Lipinski definition) is 1. The van der Waals surface area contributed by atoms with Crippen LogP contribution in [0.5, 0.6) is 0 Å². The van der Waals surface area contributed by atoms with Gasteiger partial charge in [0.1, 0.15) is 5.82 Å². The van der Waals surface area contributed by atoms with Crippen LogP contribution in [0.25, 0.3) is 0 Å². The van der Waals surface area contributed by atoms with Crippen molar-refractivity contribution in [3.05, 3.63) is 83.4 Å². The number of rotatable bonds is 11. The van der Waals surface area contributed by atoms with Crippen LogP contribution in [0.4, 0.5) is 9.18 Å². The lowest BCUT2D eigenvalue weighted by molar-refractivity contribution is 0.145. The van der Waals surface area contributed by atoms with Gasteiger partial charge in [-0.25, -0.2) is 22.6 Å². The van der Waals surface area contributed by atoms with Crippen LogP contribution in [-0.2, 0) is 33.4 Å². The number of halogens is 1. The largest absolute Gasteiger partial charge is 0.383 e. The van der Waals surface area contributed by atoms with E-state index in [-0.39, 0.29) is 30.0 Å². The lowest BCUT2D eigenvalue weighted by Gasteiger charge is -2.23. The van der Waals surface area contributed by atoms with Crippen LogP contribution in [0.3, 0.4) is 0 Å². The number of sulfone groups is 1. The maximum absolute atomic E-state index is 13.3. The Hall–Kier alpha value is -3.24. The minimum atomic E-state index is -3.85. The Morgan fingerprint density at radius 3 is 2.47 bits per heavy atom. The molecule has 0 bridgehead atoms. The lowest BCUT2D eigenvalue weighted by Crippen LogP contribution is -2.41. The fourth-order valence-corrected chi connectivity index (χ4v) is 4.97. The van der Waals surface area contributed by atoms with Crippen LogP contribution < -0.4 is 5.32 Å². The highest BCUT2D eigenvalue weighted by atomic mass is 32.2. The smallest absolute Gasteiger partial charge is 0.317 e. The molecule has 0 aliphatic heterocycles. The van der Waals surface area contributed by atoms with Crippen molar-refractivity contribution in [2.24, 2.45) is 0 Å². The number of carbonyl (C=O) groups excluding carboxylic acids is 1. The molecule has 0 aliphatic rings. The van der Waals surface area contributed by atoms with Crippen LogP contribution in [0.1, 0.15) is 23.7 Å². The molecule has 0 radical (unpaired) electrons. The second-order valence-corrected chi connectivity index (χ2v) is 9.62. The summed E-state index contributed by atoms with van der Waals surface area (Å²) >= 11 is 0. The summed E-state index contributed by atoms with van der Waals surface area (Å²) in [5, 5.41) is 2.67. The molecule has 0 aliphatic carbocycles.